The summed E-state index contributed by atoms with van der Waals surface area (Å²) >= 11 is 0. The molecule has 6 nitrogen and oxygen atoms in total. The van der Waals surface area contributed by atoms with Gasteiger partial charge in [-0.3, -0.25) is 4.79 Å². The molecule has 0 saturated heterocycles. The van der Waals surface area contributed by atoms with Crippen molar-refractivity contribution >= 4 is 22.7 Å². The molecule has 2 heterocycles. The highest BCUT2D eigenvalue weighted by atomic mass is 16.5. The minimum Gasteiger partial charge on any atom is -0.619 e. The number of carbonyl (C=O) groups is 2. The standard InChI is InChI=1S/C18H16N2O4/c1-11-16(14-5-3-4-6-15(14)19-11)17(21)12(2)24-18(22)13-7-9-20(23)10-8-13/h3-10,12,19H,1-2H3/t12-/m0/s1. The number of ketones is 1. The molecule has 0 saturated carbocycles. The third kappa shape index (κ3) is 2.86. The van der Waals surface area contributed by atoms with Gasteiger partial charge in [0, 0.05) is 34.3 Å². The van der Waals surface area contributed by atoms with E-state index < -0.39 is 12.1 Å². The smallest absolute Gasteiger partial charge is 0.339 e. The molecular formula is C18H16N2O4. The molecule has 0 spiro atoms. The van der Waals surface area contributed by atoms with Crippen LogP contribution in [0.15, 0.2) is 48.8 Å². The van der Waals surface area contributed by atoms with E-state index in [1.165, 1.54) is 31.5 Å². The molecule has 0 bridgehead atoms. The molecule has 2 aromatic heterocycles. The van der Waals surface area contributed by atoms with Crippen LogP contribution in [0.1, 0.15) is 33.3 Å². The average Bonchev–Trinajstić information content (AvgIpc) is 2.90. The molecule has 0 aliphatic carbocycles. The topological polar surface area (TPSA) is 86.1 Å². The average molecular weight is 324 g/mol. The van der Waals surface area contributed by atoms with Crippen LogP contribution in [0.3, 0.4) is 0 Å². The zero-order valence-electron chi connectivity index (χ0n) is 13.3. The van der Waals surface area contributed by atoms with Crippen molar-refractivity contribution in [3.63, 3.8) is 0 Å². The molecule has 0 radical (unpaired) electrons. The molecular weight excluding hydrogens is 308 g/mol. The molecule has 6 heteroatoms. The van der Waals surface area contributed by atoms with E-state index in [1.807, 2.05) is 31.2 Å². The van der Waals surface area contributed by atoms with Gasteiger partial charge in [0.05, 0.1) is 5.56 Å². The number of nitrogens with zero attached hydrogens (tertiary/aromatic N) is 1. The fourth-order valence-electron chi connectivity index (χ4n) is 2.63. The second-order valence-electron chi connectivity index (χ2n) is 5.53. The SMILES string of the molecule is Cc1[nH]c2ccccc2c1C(=O)[C@H](C)OC(=O)c1cc[n+]([O-])cc1. The van der Waals surface area contributed by atoms with Gasteiger partial charge >= 0.3 is 5.97 Å². The molecule has 0 fully saturated rings. The fourth-order valence-corrected chi connectivity index (χ4v) is 2.63. The van der Waals surface area contributed by atoms with Crippen LogP contribution < -0.4 is 4.73 Å². The van der Waals surface area contributed by atoms with Crippen molar-refractivity contribution in [3.8, 4) is 0 Å². The normalized spacial score (nSPS) is 12.1. The second-order valence-corrected chi connectivity index (χ2v) is 5.53. The van der Waals surface area contributed by atoms with Crippen molar-refractivity contribution in [2.45, 2.75) is 20.0 Å². The number of hydrogen-bond donors (Lipinski definition) is 1. The highest BCUT2D eigenvalue weighted by Crippen LogP contribution is 2.24. The highest BCUT2D eigenvalue weighted by molar-refractivity contribution is 6.11. The summed E-state index contributed by atoms with van der Waals surface area (Å²) in [6, 6.07) is 10.2. The first-order valence-electron chi connectivity index (χ1n) is 7.48. The number of pyridine rings is 1. The largest absolute Gasteiger partial charge is 0.619 e. The zero-order chi connectivity index (χ0) is 17.3. The van der Waals surface area contributed by atoms with Crippen molar-refractivity contribution < 1.29 is 19.1 Å². The number of carbonyl (C=O) groups excluding carboxylic acids is 2. The van der Waals surface area contributed by atoms with E-state index >= 15 is 0 Å². The Hall–Kier alpha value is -3.15. The van der Waals surface area contributed by atoms with Crippen LogP contribution in [0.25, 0.3) is 10.9 Å². The highest BCUT2D eigenvalue weighted by Gasteiger charge is 2.25. The Bertz CT molecular complexity index is 912. The molecule has 1 aromatic carbocycles. The van der Waals surface area contributed by atoms with E-state index in [1.54, 1.807) is 0 Å². The van der Waals surface area contributed by atoms with E-state index in [9.17, 15) is 14.8 Å². The summed E-state index contributed by atoms with van der Waals surface area (Å²) < 4.78 is 5.82. The Balaban J connectivity index is 1.82. The first kappa shape index (κ1) is 15.7. The molecule has 1 atom stereocenters. The number of nitrogens with one attached hydrogen (secondary N) is 1. The lowest BCUT2D eigenvalue weighted by Crippen LogP contribution is -2.27. The Morgan fingerprint density at radius 3 is 2.54 bits per heavy atom. The number of benzene rings is 1. The maximum Gasteiger partial charge on any atom is 0.339 e. The van der Waals surface area contributed by atoms with Gasteiger partial charge in [0.25, 0.3) is 0 Å². The van der Waals surface area contributed by atoms with Gasteiger partial charge in [-0.15, -0.1) is 0 Å². The first-order valence-corrected chi connectivity index (χ1v) is 7.48. The van der Waals surface area contributed by atoms with E-state index in [4.69, 9.17) is 4.74 Å². The second kappa shape index (κ2) is 6.16. The lowest BCUT2D eigenvalue weighted by Gasteiger charge is -2.12. The van der Waals surface area contributed by atoms with E-state index in [0.29, 0.717) is 10.3 Å². The summed E-state index contributed by atoms with van der Waals surface area (Å²) in [6.45, 7) is 3.35. The number of Topliss-reactive ketones (excluding diaryl/α,β-unsaturated/α-hetero) is 1. The number of para-hydroxylation sites is 1. The number of esters is 1. The van der Waals surface area contributed by atoms with E-state index in [0.717, 1.165) is 16.6 Å². The molecule has 122 valence electrons. The van der Waals surface area contributed by atoms with Gasteiger partial charge in [-0.25, -0.2) is 4.79 Å². The number of aryl methyl sites for hydroxylation is 1. The molecule has 24 heavy (non-hydrogen) atoms. The molecule has 3 aromatic rings. The summed E-state index contributed by atoms with van der Waals surface area (Å²) in [6.07, 6.45) is 1.47. The first-order chi connectivity index (χ1) is 11.5. The molecule has 0 aliphatic rings. The van der Waals surface area contributed by atoms with Gasteiger partial charge < -0.3 is 14.9 Å². The van der Waals surface area contributed by atoms with Gasteiger partial charge in [0.1, 0.15) is 0 Å². The molecule has 3 rings (SSSR count). The molecule has 0 aliphatic heterocycles. The van der Waals surface area contributed by atoms with Crippen molar-refractivity contribution in [2.75, 3.05) is 0 Å². The number of aromatic amines is 1. The summed E-state index contributed by atoms with van der Waals surface area (Å²) in [7, 11) is 0. The lowest BCUT2D eigenvalue weighted by molar-refractivity contribution is -0.605. The third-order valence-electron chi connectivity index (χ3n) is 3.83. The number of ether oxygens (including phenoxy) is 1. The lowest BCUT2D eigenvalue weighted by atomic mass is 10.0. The Labute approximate surface area is 138 Å². The van der Waals surface area contributed by atoms with Crippen LogP contribution in [-0.2, 0) is 4.74 Å². The molecule has 0 unspecified atom stereocenters. The summed E-state index contributed by atoms with van der Waals surface area (Å²) in [4.78, 5) is 28.0. The fraction of sp³-hybridized carbons (Fsp3) is 0.167. The summed E-state index contributed by atoms with van der Waals surface area (Å²) in [5.74, 6) is -0.915. The number of aromatic nitrogens is 2. The predicted molar refractivity (Wildman–Crippen MR) is 87.6 cm³/mol. The number of H-pyrrole nitrogens is 1. The van der Waals surface area contributed by atoms with E-state index in [2.05, 4.69) is 4.98 Å². The van der Waals surface area contributed by atoms with Crippen LogP contribution >= 0.6 is 0 Å². The van der Waals surface area contributed by atoms with Crippen molar-refractivity contribution in [2.24, 2.45) is 0 Å². The predicted octanol–water partition coefficient (Wildman–Crippen LogP) is 2.54. The van der Waals surface area contributed by atoms with Crippen LogP contribution in [0.5, 0.6) is 0 Å². The zero-order valence-corrected chi connectivity index (χ0v) is 13.3. The number of fused-ring (bicyclic) bond motifs is 1. The van der Waals surface area contributed by atoms with Gasteiger partial charge in [0.2, 0.25) is 5.78 Å². The van der Waals surface area contributed by atoms with Gasteiger partial charge in [-0.2, -0.15) is 4.73 Å². The van der Waals surface area contributed by atoms with Crippen molar-refractivity contribution in [1.82, 2.24) is 4.98 Å². The quantitative estimate of drug-likeness (QED) is 0.346. The Morgan fingerprint density at radius 1 is 1.17 bits per heavy atom. The van der Waals surface area contributed by atoms with Crippen molar-refractivity contribution in [3.05, 3.63) is 70.8 Å². The van der Waals surface area contributed by atoms with Gasteiger partial charge in [0.15, 0.2) is 18.5 Å². The summed E-state index contributed by atoms with van der Waals surface area (Å²) in [5, 5.41) is 11.8. The minimum absolute atomic E-state index is 0.220. The van der Waals surface area contributed by atoms with Crippen LogP contribution in [0, 0.1) is 12.1 Å². The monoisotopic (exact) mass is 324 g/mol. The summed E-state index contributed by atoms with van der Waals surface area (Å²) in [5.41, 5.74) is 2.34. The maximum absolute atomic E-state index is 12.7. The minimum atomic E-state index is -0.935. The van der Waals surface area contributed by atoms with Gasteiger partial charge in [-0.1, -0.05) is 18.2 Å². The molecule has 1 N–H and O–H groups in total. The number of rotatable bonds is 4. The maximum atomic E-state index is 12.7. The van der Waals surface area contributed by atoms with Crippen molar-refractivity contribution in [1.29, 1.82) is 0 Å². The Morgan fingerprint density at radius 2 is 1.83 bits per heavy atom. The molecule has 0 amide bonds. The van der Waals surface area contributed by atoms with Crippen LogP contribution in [0.4, 0.5) is 0 Å². The van der Waals surface area contributed by atoms with Crippen LogP contribution in [-0.4, -0.2) is 22.8 Å². The number of hydrogen-bond acceptors (Lipinski definition) is 4. The van der Waals surface area contributed by atoms with Gasteiger partial charge in [-0.05, 0) is 19.9 Å². The van der Waals surface area contributed by atoms with Crippen LogP contribution in [0.2, 0.25) is 0 Å². The third-order valence-corrected chi connectivity index (χ3v) is 3.83. The van der Waals surface area contributed by atoms with E-state index in [-0.39, 0.29) is 11.3 Å². The Kier molecular flexibility index (Phi) is 4.04.